The Morgan fingerprint density at radius 3 is 2.32 bits per heavy atom. The van der Waals surface area contributed by atoms with Crippen molar-refractivity contribution in [1.82, 2.24) is 4.90 Å². The fourth-order valence-electron chi connectivity index (χ4n) is 1.91. The fourth-order valence-corrected chi connectivity index (χ4v) is 1.91. The lowest BCUT2D eigenvalue weighted by atomic mass is 10.1. The molecule has 1 heterocycles. The molecule has 0 aromatic heterocycles. The number of ether oxygens (including phenoxy) is 2. The molecular formula is C14H17NO4. The van der Waals surface area contributed by atoms with E-state index in [0.29, 0.717) is 31.7 Å². The van der Waals surface area contributed by atoms with Gasteiger partial charge in [0.25, 0.3) is 5.91 Å². The van der Waals surface area contributed by atoms with Crippen LogP contribution >= 0.6 is 0 Å². The zero-order chi connectivity index (χ0) is 13.7. The molecule has 1 fully saturated rings. The Labute approximate surface area is 112 Å². The minimum absolute atomic E-state index is 0.000515. The van der Waals surface area contributed by atoms with Gasteiger partial charge >= 0.3 is 0 Å². The Hall–Kier alpha value is -2.04. The van der Waals surface area contributed by atoms with E-state index in [-0.39, 0.29) is 18.3 Å². The number of hydrogen-bond donors (Lipinski definition) is 0. The van der Waals surface area contributed by atoms with Gasteiger partial charge in [-0.2, -0.15) is 0 Å². The van der Waals surface area contributed by atoms with Crippen molar-refractivity contribution in [3.63, 3.8) is 0 Å². The van der Waals surface area contributed by atoms with E-state index in [1.54, 1.807) is 36.3 Å². The number of nitrogens with zero attached hydrogens (tertiary/aromatic N) is 1. The van der Waals surface area contributed by atoms with Crippen LogP contribution in [-0.4, -0.2) is 43.4 Å². The lowest BCUT2D eigenvalue weighted by Crippen LogP contribution is -2.41. The molecule has 1 aliphatic rings. The third-order valence-electron chi connectivity index (χ3n) is 3.10. The van der Waals surface area contributed by atoms with Crippen LogP contribution < -0.4 is 9.47 Å². The maximum absolute atomic E-state index is 11.9. The van der Waals surface area contributed by atoms with Crippen molar-refractivity contribution in [2.24, 2.45) is 0 Å². The minimum atomic E-state index is -0.0803. The maximum atomic E-state index is 11.9. The number of carbonyl (C=O) groups excluding carboxylic acids is 2. The number of methoxy groups -OCH3 is 1. The minimum Gasteiger partial charge on any atom is -0.497 e. The molecule has 5 nitrogen and oxygen atoms in total. The van der Waals surface area contributed by atoms with Gasteiger partial charge in [-0.15, -0.1) is 0 Å². The topological polar surface area (TPSA) is 55.8 Å². The smallest absolute Gasteiger partial charge is 0.260 e. The number of carbonyl (C=O) groups is 2. The summed E-state index contributed by atoms with van der Waals surface area (Å²) in [5.41, 5.74) is 0. The molecule has 1 aromatic carbocycles. The molecule has 102 valence electrons. The zero-order valence-electron chi connectivity index (χ0n) is 10.9. The van der Waals surface area contributed by atoms with Crippen molar-refractivity contribution in [2.45, 2.75) is 12.8 Å². The van der Waals surface area contributed by atoms with Crippen molar-refractivity contribution >= 4 is 11.7 Å². The summed E-state index contributed by atoms with van der Waals surface area (Å²) in [6, 6.07) is 7.07. The molecule has 1 amide bonds. The van der Waals surface area contributed by atoms with E-state index in [1.165, 1.54) is 0 Å². The van der Waals surface area contributed by atoms with Crippen LogP contribution in [0.4, 0.5) is 0 Å². The molecule has 1 aliphatic heterocycles. The second-order valence-electron chi connectivity index (χ2n) is 4.38. The molecule has 1 aromatic rings. The van der Waals surface area contributed by atoms with Crippen LogP contribution in [0, 0.1) is 0 Å². The molecule has 0 spiro atoms. The summed E-state index contributed by atoms with van der Waals surface area (Å²) in [4.78, 5) is 24.6. The molecule has 19 heavy (non-hydrogen) atoms. The summed E-state index contributed by atoms with van der Waals surface area (Å²) in [5.74, 6) is 1.51. The molecule has 0 unspecified atom stereocenters. The highest BCUT2D eigenvalue weighted by atomic mass is 16.5. The highest BCUT2D eigenvalue weighted by molar-refractivity contribution is 5.83. The maximum Gasteiger partial charge on any atom is 0.260 e. The second kappa shape index (κ2) is 6.22. The number of rotatable bonds is 4. The normalized spacial score (nSPS) is 15.2. The lowest BCUT2D eigenvalue weighted by molar-refractivity contribution is -0.136. The van der Waals surface area contributed by atoms with E-state index in [1.807, 2.05) is 0 Å². The number of ketones is 1. The van der Waals surface area contributed by atoms with Crippen LogP contribution in [0.3, 0.4) is 0 Å². The van der Waals surface area contributed by atoms with E-state index in [9.17, 15) is 9.59 Å². The SMILES string of the molecule is COc1ccc(OCC(=O)N2CCC(=O)CC2)cc1. The first-order valence-corrected chi connectivity index (χ1v) is 6.25. The molecule has 0 saturated carbocycles. The highest BCUT2D eigenvalue weighted by Gasteiger charge is 2.20. The number of amides is 1. The predicted molar refractivity (Wildman–Crippen MR) is 69.3 cm³/mol. The number of likely N-dealkylation sites (tertiary alicyclic amines) is 1. The number of benzene rings is 1. The standard InChI is InChI=1S/C14H17NO4/c1-18-12-2-4-13(5-3-12)19-10-14(17)15-8-6-11(16)7-9-15/h2-5H,6-10H2,1H3. The first-order valence-electron chi connectivity index (χ1n) is 6.25. The van der Waals surface area contributed by atoms with Crippen molar-refractivity contribution < 1.29 is 19.1 Å². The van der Waals surface area contributed by atoms with Crippen molar-refractivity contribution in [2.75, 3.05) is 26.8 Å². The summed E-state index contributed by atoms with van der Waals surface area (Å²) in [6.07, 6.45) is 0.905. The van der Waals surface area contributed by atoms with E-state index < -0.39 is 0 Å². The molecule has 0 N–H and O–H groups in total. The van der Waals surface area contributed by atoms with Gasteiger partial charge in [-0.3, -0.25) is 9.59 Å². The fraction of sp³-hybridized carbons (Fsp3) is 0.429. The Morgan fingerprint density at radius 1 is 1.16 bits per heavy atom. The number of Topliss-reactive ketones (excluding diaryl/α,β-unsaturated/α-hetero) is 1. The second-order valence-corrected chi connectivity index (χ2v) is 4.38. The van der Waals surface area contributed by atoms with Crippen LogP contribution in [0.2, 0.25) is 0 Å². The van der Waals surface area contributed by atoms with Gasteiger partial charge in [-0.25, -0.2) is 0 Å². The molecule has 0 radical (unpaired) electrons. The van der Waals surface area contributed by atoms with Crippen LogP contribution in [0.15, 0.2) is 24.3 Å². The van der Waals surface area contributed by atoms with Crippen molar-refractivity contribution in [3.05, 3.63) is 24.3 Å². The molecule has 0 bridgehead atoms. The summed E-state index contributed by atoms with van der Waals surface area (Å²) >= 11 is 0. The van der Waals surface area contributed by atoms with Gasteiger partial charge in [0.2, 0.25) is 0 Å². The van der Waals surface area contributed by atoms with Crippen LogP contribution in [0.1, 0.15) is 12.8 Å². The molecular weight excluding hydrogens is 246 g/mol. The van der Waals surface area contributed by atoms with Gasteiger partial charge in [-0.1, -0.05) is 0 Å². The first kappa shape index (κ1) is 13.4. The summed E-state index contributed by atoms with van der Waals surface area (Å²) in [7, 11) is 1.59. The van der Waals surface area contributed by atoms with Gasteiger partial charge in [0.15, 0.2) is 6.61 Å². The number of hydrogen-bond acceptors (Lipinski definition) is 4. The van der Waals surface area contributed by atoms with E-state index in [0.717, 1.165) is 5.75 Å². The predicted octanol–water partition coefficient (Wildman–Crippen LogP) is 1.27. The van der Waals surface area contributed by atoms with Crippen LogP contribution in [0.5, 0.6) is 11.5 Å². The molecule has 5 heteroatoms. The van der Waals surface area contributed by atoms with E-state index >= 15 is 0 Å². The Kier molecular flexibility index (Phi) is 4.39. The Balaban J connectivity index is 1.80. The van der Waals surface area contributed by atoms with Gasteiger partial charge < -0.3 is 14.4 Å². The highest BCUT2D eigenvalue weighted by Crippen LogP contribution is 2.17. The zero-order valence-corrected chi connectivity index (χ0v) is 10.9. The van der Waals surface area contributed by atoms with E-state index in [2.05, 4.69) is 0 Å². The summed E-state index contributed by atoms with van der Waals surface area (Å²) in [6.45, 7) is 1.01. The van der Waals surface area contributed by atoms with Crippen LogP contribution in [0.25, 0.3) is 0 Å². The van der Waals surface area contributed by atoms with Crippen molar-refractivity contribution in [3.8, 4) is 11.5 Å². The van der Waals surface area contributed by atoms with Gasteiger partial charge in [0, 0.05) is 25.9 Å². The monoisotopic (exact) mass is 263 g/mol. The summed E-state index contributed by atoms with van der Waals surface area (Å²) in [5, 5.41) is 0. The third kappa shape index (κ3) is 3.71. The van der Waals surface area contributed by atoms with Gasteiger partial charge in [0.05, 0.1) is 7.11 Å². The Bertz CT molecular complexity index is 445. The van der Waals surface area contributed by atoms with Gasteiger partial charge in [0.1, 0.15) is 17.3 Å². The average Bonchev–Trinajstić information content (AvgIpc) is 2.46. The Morgan fingerprint density at radius 2 is 1.74 bits per heavy atom. The average molecular weight is 263 g/mol. The quantitative estimate of drug-likeness (QED) is 0.820. The molecule has 0 atom stereocenters. The van der Waals surface area contributed by atoms with Crippen LogP contribution in [-0.2, 0) is 9.59 Å². The molecule has 2 rings (SSSR count). The molecule has 0 aliphatic carbocycles. The summed E-state index contributed by atoms with van der Waals surface area (Å²) < 4.78 is 10.5. The molecule has 1 saturated heterocycles. The largest absolute Gasteiger partial charge is 0.497 e. The van der Waals surface area contributed by atoms with E-state index in [4.69, 9.17) is 9.47 Å². The number of piperidine rings is 1. The van der Waals surface area contributed by atoms with Gasteiger partial charge in [-0.05, 0) is 24.3 Å². The lowest BCUT2D eigenvalue weighted by Gasteiger charge is -2.25. The van der Waals surface area contributed by atoms with Crippen molar-refractivity contribution in [1.29, 1.82) is 0 Å². The third-order valence-corrected chi connectivity index (χ3v) is 3.10. The first-order chi connectivity index (χ1) is 9.19.